The summed E-state index contributed by atoms with van der Waals surface area (Å²) >= 11 is 0. The molecule has 0 bridgehead atoms. The maximum absolute atomic E-state index is 13.6. The first-order chi connectivity index (χ1) is 17.8. The van der Waals surface area contributed by atoms with E-state index in [1.54, 1.807) is 46.2 Å². The molecule has 1 aliphatic heterocycles. The molecule has 1 saturated heterocycles. The van der Waals surface area contributed by atoms with E-state index in [4.69, 9.17) is 13.6 Å². The molecule has 5 rings (SSSR count). The number of benzene rings is 2. The zero-order valence-corrected chi connectivity index (χ0v) is 21.4. The van der Waals surface area contributed by atoms with Gasteiger partial charge in [0.25, 0.3) is 11.8 Å². The predicted molar refractivity (Wildman–Crippen MR) is 136 cm³/mol. The fraction of sp³-hybridized carbons (Fsp3) is 0.259. The second kappa shape index (κ2) is 10.1. The van der Waals surface area contributed by atoms with Crippen LogP contribution in [0.3, 0.4) is 0 Å². The number of ether oxygens (including phenoxy) is 1. The summed E-state index contributed by atoms with van der Waals surface area (Å²) in [5.74, 6) is 1.08. The van der Waals surface area contributed by atoms with Gasteiger partial charge in [-0.15, -0.1) is 0 Å². The van der Waals surface area contributed by atoms with Gasteiger partial charge in [-0.25, -0.2) is 8.42 Å². The number of sulfone groups is 1. The van der Waals surface area contributed by atoms with E-state index < -0.39 is 9.84 Å². The largest absolute Gasteiger partial charge is 0.484 e. The standard InChI is InChI=1S/C27H27N3O6S/c1-19-9-11-21(12-10-19)37(32,33)26-27(36-25(28-26)23-8-5-17-34-23)30-15-13-29(14-16-30)24(31)18-35-22-7-4-3-6-20(22)2/h3-12,17H,13-16,18H2,1-2H3. The summed E-state index contributed by atoms with van der Waals surface area (Å²) in [5.41, 5.74) is 1.91. The zero-order chi connectivity index (χ0) is 26.0. The minimum Gasteiger partial charge on any atom is -0.484 e. The fourth-order valence-corrected chi connectivity index (χ4v) is 5.44. The number of rotatable bonds is 7. The highest BCUT2D eigenvalue weighted by Gasteiger charge is 2.34. The number of hydrogen-bond acceptors (Lipinski definition) is 8. The number of nitrogens with zero attached hydrogens (tertiary/aromatic N) is 3. The lowest BCUT2D eigenvalue weighted by Gasteiger charge is -2.34. The highest BCUT2D eigenvalue weighted by Crippen LogP contribution is 2.35. The number of aryl methyl sites for hydroxylation is 2. The number of piperazine rings is 1. The van der Waals surface area contributed by atoms with E-state index >= 15 is 0 Å². The van der Waals surface area contributed by atoms with Gasteiger partial charge < -0.3 is 23.4 Å². The summed E-state index contributed by atoms with van der Waals surface area (Å²) in [6.07, 6.45) is 1.47. The predicted octanol–water partition coefficient (Wildman–Crippen LogP) is 4.11. The third-order valence-electron chi connectivity index (χ3n) is 6.26. The van der Waals surface area contributed by atoms with Gasteiger partial charge in [0.2, 0.25) is 20.7 Å². The van der Waals surface area contributed by atoms with E-state index in [1.807, 2.05) is 38.1 Å². The lowest BCUT2D eigenvalue weighted by Crippen LogP contribution is -2.50. The van der Waals surface area contributed by atoms with Gasteiger partial charge in [0, 0.05) is 26.2 Å². The third-order valence-corrected chi connectivity index (χ3v) is 7.93. The fourth-order valence-electron chi connectivity index (χ4n) is 4.12. The summed E-state index contributed by atoms with van der Waals surface area (Å²) in [5, 5.41) is -0.176. The van der Waals surface area contributed by atoms with Crippen LogP contribution in [0, 0.1) is 13.8 Å². The van der Waals surface area contributed by atoms with Gasteiger partial charge in [-0.2, -0.15) is 4.98 Å². The number of carbonyl (C=O) groups excluding carboxylic acids is 1. The molecule has 192 valence electrons. The topological polar surface area (TPSA) is 106 Å². The van der Waals surface area contributed by atoms with Crippen LogP contribution in [0.4, 0.5) is 5.88 Å². The van der Waals surface area contributed by atoms with Crippen LogP contribution in [0.25, 0.3) is 11.7 Å². The van der Waals surface area contributed by atoms with Crippen molar-refractivity contribution in [2.45, 2.75) is 23.8 Å². The quantitative estimate of drug-likeness (QED) is 0.358. The molecule has 2 aromatic heterocycles. The maximum Gasteiger partial charge on any atom is 0.266 e. The van der Waals surface area contributed by atoms with Crippen LogP contribution in [-0.2, 0) is 14.6 Å². The molecular weight excluding hydrogens is 494 g/mol. The summed E-state index contributed by atoms with van der Waals surface area (Å²) in [6.45, 7) is 5.27. The molecule has 2 aromatic carbocycles. The van der Waals surface area contributed by atoms with Crippen LogP contribution in [0.1, 0.15) is 11.1 Å². The van der Waals surface area contributed by atoms with Crippen molar-refractivity contribution in [1.82, 2.24) is 9.88 Å². The van der Waals surface area contributed by atoms with Crippen molar-refractivity contribution >= 4 is 21.6 Å². The summed E-state index contributed by atoms with van der Waals surface area (Å²) < 4.78 is 44.2. The Morgan fingerprint density at radius 3 is 2.38 bits per heavy atom. The van der Waals surface area contributed by atoms with Crippen molar-refractivity contribution in [1.29, 1.82) is 0 Å². The second-order valence-electron chi connectivity index (χ2n) is 8.85. The number of oxazole rings is 1. The monoisotopic (exact) mass is 521 g/mol. The van der Waals surface area contributed by atoms with Crippen molar-refractivity contribution in [3.05, 3.63) is 78.1 Å². The Hall–Kier alpha value is -4.05. The number of furan rings is 1. The Morgan fingerprint density at radius 2 is 1.70 bits per heavy atom. The molecule has 1 fully saturated rings. The highest BCUT2D eigenvalue weighted by molar-refractivity contribution is 7.91. The number of carbonyl (C=O) groups is 1. The van der Waals surface area contributed by atoms with Crippen LogP contribution < -0.4 is 9.64 Å². The highest BCUT2D eigenvalue weighted by atomic mass is 32.2. The van der Waals surface area contributed by atoms with E-state index in [-0.39, 0.29) is 34.2 Å². The van der Waals surface area contributed by atoms with Crippen molar-refractivity contribution < 1.29 is 26.8 Å². The van der Waals surface area contributed by atoms with Gasteiger partial charge >= 0.3 is 0 Å². The van der Waals surface area contributed by atoms with Gasteiger partial charge in [0.15, 0.2) is 12.4 Å². The number of amides is 1. The number of para-hydroxylation sites is 1. The van der Waals surface area contributed by atoms with Gasteiger partial charge in [0.1, 0.15) is 5.75 Å². The van der Waals surface area contributed by atoms with E-state index in [2.05, 4.69) is 4.98 Å². The van der Waals surface area contributed by atoms with Crippen molar-refractivity contribution in [2.24, 2.45) is 0 Å². The summed E-state index contributed by atoms with van der Waals surface area (Å²) in [6, 6.07) is 17.5. The molecule has 3 heterocycles. The SMILES string of the molecule is Cc1ccc(S(=O)(=O)c2nc(-c3ccco3)oc2N2CCN(C(=O)COc3ccccc3C)CC2)cc1. The molecule has 10 heteroatoms. The molecule has 0 N–H and O–H groups in total. The summed E-state index contributed by atoms with van der Waals surface area (Å²) in [7, 11) is -3.97. The van der Waals surface area contributed by atoms with Crippen LogP contribution >= 0.6 is 0 Å². The average molecular weight is 522 g/mol. The Morgan fingerprint density at radius 1 is 0.973 bits per heavy atom. The Kier molecular flexibility index (Phi) is 6.75. The second-order valence-corrected chi connectivity index (χ2v) is 10.7. The molecule has 0 spiro atoms. The first kappa shape index (κ1) is 24.6. The first-order valence-corrected chi connectivity index (χ1v) is 13.4. The number of aromatic nitrogens is 1. The molecule has 0 saturated carbocycles. The molecule has 0 radical (unpaired) electrons. The van der Waals surface area contributed by atoms with Crippen molar-refractivity contribution in [2.75, 3.05) is 37.7 Å². The normalized spacial score (nSPS) is 14.1. The van der Waals surface area contributed by atoms with E-state index in [9.17, 15) is 13.2 Å². The Balaban J connectivity index is 1.35. The molecule has 0 atom stereocenters. The molecule has 37 heavy (non-hydrogen) atoms. The van der Waals surface area contributed by atoms with E-state index in [1.165, 1.54) is 6.26 Å². The number of hydrogen-bond donors (Lipinski definition) is 0. The minimum atomic E-state index is -3.97. The molecule has 1 amide bonds. The molecule has 1 aliphatic rings. The number of anilines is 1. The Bertz CT molecular complexity index is 1490. The summed E-state index contributed by atoms with van der Waals surface area (Å²) in [4.78, 5) is 20.7. The lowest BCUT2D eigenvalue weighted by atomic mass is 10.2. The van der Waals surface area contributed by atoms with Gasteiger partial charge in [-0.05, 0) is 49.7 Å². The average Bonchev–Trinajstić information content (AvgIpc) is 3.59. The Labute approximate surface area is 215 Å². The minimum absolute atomic E-state index is 0.0666. The van der Waals surface area contributed by atoms with Crippen LogP contribution in [0.5, 0.6) is 5.75 Å². The lowest BCUT2D eigenvalue weighted by molar-refractivity contribution is -0.133. The molecular formula is C27H27N3O6S. The molecule has 0 aliphatic carbocycles. The third kappa shape index (κ3) is 5.10. The van der Waals surface area contributed by atoms with E-state index in [0.717, 1.165) is 11.1 Å². The smallest absolute Gasteiger partial charge is 0.266 e. The van der Waals surface area contributed by atoms with Crippen molar-refractivity contribution in [3.8, 4) is 17.4 Å². The first-order valence-electron chi connectivity index (χ1n) is 11.9. The van der Waals surface area contributed by atoms with Crippen LogP contribution in [-0.4, -0.2) is 57.0 Å². The van der Waals surface area contributed by atoms with Gasteiger partial charge in [0.05, 0.1) is 11.2 Å². The van der Waals surface area contributed by atoms with Crippen molar-refractivity contribution in [3.63, 3.8) is 0 Å². The molecule has 0 unspecified atom stereocenters. The molecule has 9 nitrogen and oxygen atoms in total. The zero-order valence-electron chi connectivity index (χ0n) is 20.6. The molecule has 4 aromatic rings. The van der Waals surface area contributed by atoms with Gasteiger partial charge in [-0.3, -0.25) is 4.79 Å². The van der Waals surface area contributed by atoms with Gasteiger partial charge in [-0.1, -0.05) is 35.9 Å². The van der Waals surface area contributed by atoms with Crippen LogP contribution in [0.15, 0.2) is 85.7 Å². The van der Waals surface area contributed by atoms with Crippen LogP contribution in [0.2, 0.25) is 0 Å². The van der Waals surface area contributed by atoms with E-state index in [0.29, 0.717) is 37.7 Å². The maximum atomic E-state index is 13.6.